The minimum atomic E-state index is -0.721. The zero-order valence-electron chi connectivity index (χ0n) is 10.2. The van der Waals surface area contributed by atoms with Crippen LogP contribution in [0.4, 0.5) is 0 Å². The van der Waals surface area contributed by atoms with Gasteiger partial charge in [-0.2, -0.15) is 0 Å². The van der Waals surface area contributed by atoms with Gasteiger partial charge in [0, 0.05) is 30.6 Å². The van der Waals surface area contributed by atoms with Crippen molar-refractivity contribution in [1.29, 1.82) is 0 Å². The summed E-state index contributed by atoms with van der Waals surface area (Å²) in [4.78, 5) is 10.5. The molecule has 1 N–H and O–H groups in total. The van der Waals surface area contributed by atoms with Crippen LogP contribution in [0.15, 0.2) is 24.4 Å². The van der Waals surface area contributed by atoms with Crippen molar-refractivity contribution >= 4 is 16.9 Å². The van der Waals surface area contributed by atoms with E-state index in [1.807, 2.05) is 7.05 Å². The van der Waals surface area contributed by atoms with E-state index in [-0.39, 0.29) is 6.42 Å². The summed E-state index contributed by atoms with van der Waals surface area (Å²) < 4.78 is 2.11. The molecule has 0 bridgehead atoms. The number of nitrogens with zero attached hydrogens (tertiary/aromatic N) is 1. The van der Waals surface area contributed by atoms with E-state index in [0.29, 0.717) is 6.42 Å². The fraction of sp³-hybridized carbons (Fsp3) is 0.357. The maximum atomic E-state index is 10.5. The molecule has 0 amide bonds. The second kappa shape index (κ2) is 4.62. The highest BCUT2D eigenvalue weighted by Crippen LogP contribution is 2.23. The van der Waals surface area contributed by atoms with Crippen LogP contribution in [-0.4, -0.2) is 15.6 Å². The van der Waals surface area contributed by atoms with Crippen LogP contribution >= 0.6 is 0 Å². The van der Waals surface area contributed by atoms with Gasteiger partial charge in [0.2, 0.25) is 0 Å². The maximum absolute atomic E-state index is 10.5. The first-order chi connectivity index (χ1) is 8.08. The van der Waals surface area contributed by atoms with Gasteiger partial charge < -0.3 is 9.67 Å². The highest BCUT2D eigenvalue weighted by atomic mass is 16.4. The van der Waals surface area contributed by atoms with Crippen molar-refractivity contribution < 1.29 is 9.90 Å². The third kappa shape index (κ3) is 2.49. The topological polar surface area (TPSA) is 42.2 Å². The smallest absolute Gasteiger partial charge is 0.303 e. The molecule has 17 heavy (non-hydrogen) atoms. The Balaban J connectivity index is 2.26. The molecule has 0 spiro atoms. The van der Waals surface area contributed by atoms with Crippen molar-refractivity contribution in [1.82, 2.24) is 4.57 Å². The quantitative estimate of drug-likeness (QED) is 0.879. The molecule has 1 aromatic carbocycles. The van der Waals surface area contributed by atoms with E-state index >= 15 is 0 Å². The van der Waals surface area contributed by atoms with E-state index < -0.39 is 5.97 Å². The number of benzene rings is 1. The summed E-state index contributed by atoms with van der Waals surface area (Å²) in [6, 6.07) is 6.39. The molecule has 3 heteroatoms. The van der Waals surface area contributed by atoms with E-state index in [2.05, 4.69) is 35.9 Å². The number of carbonyl (C=O) groups is 1. The number of carboxylic acid groups (broad SMARTS) is 1. The molecule has 90 valence electrons. The molecular formula is C14H17NO2. The number of aromatic nitrogens is 1. The van der Waals surface area contributed by atoms with Gasteiger partial charge in [-0.05, 0) is 37.0 Å². The monoisotopic (exact) mass is 231 g/mol. The van der Waals surface area contributed by atoms with Crippen LogP contribution in [0.3, 0.4) is 0 Å². The molecule has 0 radical (unpaired) electrons. The van der Waals surface area contributed by atoms with Gasteiger partial charge >= 0.3 is 5.97 Å². The van der Waals surface area contributed by atoms with Crippen LogP contribution in [0.5, 0.6) is 0 Å². The fourth-order valence-corrected chi connectivity index (χ4v) is 2.21. The third-order valence-electron chi connectivity index (χ3n) is 3.07. The van der Waals surface area contributed by atoms with Crippen molar-refractivity contribution in [2.45, 2.75) is 26.2 Å². The van der Waals surface area contributed by atoms with Gasteiger partial charge in [0.15, 0.2) is 0 Å². The molecular weight excluding hydrogens is 214 g/mol. The largest absolute Gasteiger partial charge is 0.481 e. The normalized spacial score (nSPS) is 10.9. The molecule has 0 saturated carbocycles. The van der Waals surface area contributed by atoms with Crippen molar-refractivity contribution in [3.8, 4) is 0 Å². The molecule has 3 nitrogen and oxygen atoms in total. The molecule has 0 aliphatic heterocycles. The van der Waals surface area contributed by atoms with Gasteiger partial charge in [-0.1, -0.05) is 12.1 Å². The average molecular weight is 231 g/mol. The van der Waals surface area contributed by atoms with Crippen LogP contribution in [0.1, 0.15) is 24.0 Å². The lowest BCUT2D eigenvalue weighted by atomic mass is 10.1. The first-order valence-corrected chi connectivity index (χ1v) is 5.84. The Kier molecular flexibility index (Phi) is 3.18. The van der Waals surface area contributed by atoms with Crippen molar-refractivity contribution in [2.75, 3.05) is 0 Å². The van der Waals surface area contributed by atoms with Crippen molar-refractivity contribution in [3.05, 3.63) is 35.5 Å². The summed E-state index contributed by atoms with van der Waals surface area (Å²) in [6.45, 7) is 2.08. The molecule has 1 aromatic heterocycles. The summed E-state index contributed by atoms with van der Waals surface area (Å²) >= 11 is 0. The number of carboxylic acids is 1. The van der Waals surface area contributed by atoms with Crippen LogP contribution in [0.2, 0.25) is 0 Å². The third-order valence-corrected chi connectivity index (χ3v) is 3.07. The van der Waals surface area contributed by atoms with E-state index in [1.165, 1.54) is 22.0 Å². The number of aryl methyl sites for hydroxylation is 3. The number of fused-ring (bicyclic) bond motifs is 1. The molecule has 0 aliphatic rings. The number of hydrogen-bond donors (Lipinski definition) is 1. The molecule has 2 rings (SSSR count). The molecule has 1 heterocycles. The van der Waals surface area contributed by atoms with Crippen molar-refractivity contribution in [3.63, 3.8) is 0 Å². The minimum Gasteiger partial charge on any atom is -0.481 e. The summed E-state index contributed by atoms with van der Waals surface area (Å²) in [5.74, 6) is -0.721. The Hall–Kier alpha value is -1.77. The predicted molar refractivity (Wildman–Crippen MR) is 68.2 cm³/mol. The zero-order valence-corrected chi connectivity index (χ0v) is 10.2. The van der Waals surface area contributed by atoms with Crippen LogP contribution in [-0.2, 0) is 18.3 Å². The Labute approximate surface area is 101 Å². The first-order valence-electron chi connectivity index (χ1n) is 5.84. The second-order valence-electron chi connectivity index (χ2n) is 4.53. The lowest BCUT2D eigenvalue weighted by Gasteiger charge is -1.99. The summed E-state index contributed by atoms with van der Waals surface area (Å²) in [6.07, 6.45) is 3.86. The molecule has 0 unspecified atom stereocenters. The highest BCUT2D eigenvalue weighted by molar-refractivity contribution is 5.84. The predicted octanol–water partition coefficient (Wildman–Crippen LogP) is 2.89. The average Bonchev–Trinajstić information content (AvgIpc) is 2.55. The van der Waals surface area contributed by atoms with Gasteiger partial charge in [0.25, 0.3) is 0 Å². The van der Waals surface area contributed by atoms with Gasteiger partial charge in [-0.25, -0.2) is 0 Å². The van der Waals surface area contributed by atoms with E-state index in [9.17, 15) is 4.79 Å². The lowest BCUT2D eigenvalue weighted by Crippen LogP contribution is -1.95. The Morgan fingerprint density at radius 1 is 1.41 bits per heavy atom. The minimum absolute atomic E-state index is 0.238. The standard InChI is InChI=1S/C14H17NO2/c1-10-6-7-12-11(4-3-5-14(16)17)9-15(2)13(12)8-10/h6-9H,3-5H2,1-2H3,(H,16,17). The Morgan fingerprint density at radius 3 is 2.88 bits per heavy atom. The first kappa shape index (κ1) is 11.7. The highest BCUT2D eigenvalue weighted by Gasteiger charge is 2.07. The molecule has 0 atom stereocenters. The van der Waals surface area contributed by atoms with Gasteiger partial charge in [-0.3, -0.25) is 4.79 Å². The zero-order chi connectivity index (χ0) is 12.4. The Morgan fingerprint density at radius 2 is 2.18 bits per heavy atom. The molecule has 0 saturated heterocycles. The summed E-state index contributed by atoms with van der Waals surface area (Å²) in [5, 5.41) is 9.88. The van der Waals surface area contributed by atoms with E-state index in [4.69, 9.17) is 5.11 Å². The van der Waals surface area contributed by atoms with Gasteiger partial charge in [0.1, 0.15) is 0 Å². The van der Waals surface area contributed by atoms with Crippen LogP contribution < -0.4 is 0 Å². The number of rotatable bonds is 4. The molecule has 0 aliphatic carbocycles. The van der Waals surface area contributed by atoms with Crippen molar-refractivity contribution in [2.24, 2.45) is 7.05 Å². The summed E-state index contributed by atoms with van der Waals surface area (Å²) in [5.41, 5.74) is 3.70. The van der Waals surface area contributed by atoms with Gasteiger partial charge in [0.05, 0.1) is 0 Å². The molecule has 0 fully saturated rings. The second-order valence-corrected chi connectivity index (χ2v) is 4.53. The van der Waals surface area contributed by atoms with Crippen LogP contribution in [0, 0.1) is 6.92 Å². The fourth-order valence-electron chi connectivity index (χ4n) is 2.21. The molecule has 2 aromatic rings. The number of hydrogen-bond acceptors (Lipinski definition) is 1. The SMILES string of the molecule is Cc1ccc2c(CCCC(=O)O)cn(C)c2c1. The Bertz CT molecular complexity index is 555. The number of aliphatic carboxylic acids is 1. The van der Waals surface area contributed by atoms with E-state index in [1.54, 1.807) is 0 Å². The maximum Gasteiger partial charge on any atom is 0.303 e. The lowest BCUT2D eigenvalue weighted by molar-refractivity contribution is -0.137. The van der Waals surface area contributed by atoms with Crippen LogP contribution in [0.25, 0.3) is 10.9 Å². The van der Waals surface area contributed by atoms with E-state index in [0.717, 1.165) is 6.42 Å². The summed E-state index contributed by atoms with van der Waals surface area (Å²) in [7, 11) is 2.03. The van der Waals surface area contributed by atoms with Gasteiger partial charge in [-0.15, -0.1) is 0 Å².